The number of non-ortho nitro benzene ring substituents is 1. The monoisotopic (exact) mass is 266 g/mol. The van der Waals surface area contributed by atoms with Crippen LogP contribution in [0.1, 0.15) is 32.8 Å². The van der Waals surface area contributed by atoms with Gasteiger partial charge in [-0.15, -0.1) is 0 Å². The molecule has 19 heavy (non-hydrogen) atoms. The topological polar surface area (TPSA) is 64.4 Å². The molecule has 0 amide bonds. The first-order valence-corrected chi connectivity index (χ1v) is 6.65. The summed E-state index contributed by atoms with van der Waals surface area (Å²) >= 11 is 0. The van der Waals surface area contributed by atoms with E-state index in [0.29, 0.717) is 19.1 Å². The van der Waals surface area contributed by atoms with E-state index in [1.165, 1.54) is 6.07 Å². The largest absolute Gasteiger partial charge is 0.493 e. The third kappa shape index (κ3) is 5.26. The Morgan fingerprint density at radius 2 is 2.16 bits per heavy atom. The second-order valence-corrected chi connectivity index (χ2v) is 4.92. The van der Waals surface area contributed by atoms with Gasteiger partial charge < -0.3 is 10.1 Å². The van der Waals surface area contributed by atoms with Crippen LogP contribution in [0.15, 0.2) is 18.2 Å². The van der Waals surface area contributed by atoms with Gasteiger partial charge in [-0.05, 0) is 24.9 Å². The smallest absolute Gasteiger partial charge is 0.270 e. The van der Waals surface area contributed by atoms with E-state index in [0.717, 1.165) is 24.3 Å². The van der Waals surface area contributed by atoms with Gasteiger partial charge in [0.25, 0.3) is 5.69 Å². The van der Waals surface area contributed by atoms with Crippen LogP contribution in [0, 0.1) is 16.0 Å². The van der Waals surface area contributed by atoms with Crippen LogP contribution in [0.4, 0.5) is 5.69 Å². The molecule has 0 bridgehead atoms. The van der Waals surface area contributed by atoms with Crippen molar-refractivity contribution in [1.82, 2.24) is 5.32 Å². The van der Waals surface area contributed by atoms with Crippen molar-refractivity contribution in [2.75, 3.05) is 13.2 Å². The van der Waals surface area contributed by atoms with Gasteiger partial charge in [-0.1, -0.05) is 20.8 Å². The molecule has 0 aliphatic carbocycles. The molecule has 1 rings (SSSR count). The number of nitrogens with one attached hydrogen (secondary N) is 1. The normalized spacial score (nSPS) is 10.7. The zero-order valence-electron chi connectivity index (χ0n) is 11.8. The number of hydrogen-bond donors (Lipinski definition) is 1. The fourth-order valence-corrected chi connectivity index (χ4v) is 1.67. The zero-order valence-corrected chi connectivity index (χ0v) is 11.8. The molecule has 0 fully saturated rings. The maximum absolute atomic E-state index is 10.8. The van der Waals surface area contributed by atoms with Crippen LogP contribution in [0.3, 0.4) is 0 Å². The van der Waals surface area contributed by atoms with Crippen LogP contribution in [-0.2, 0) is 6.54 Å². The predicted octanol–water partition coefficient (Wildman–Crippen LogP) is 3.13. The summed E-state index contributed by atoms with van der Waals surface area (Å²) in [6, 6.07) is 4.75. The summed E-state index contributed by atoms with van der Waals surface area (Å²) in [5, 5.41) is 14.1. The lowest BCUT2D eigenvalue weighted by molar-refractivity contribution is -0.384. The lowest BCUT2D eigenvalue weighted by Crippen LogP contribution is -2.19. The highest BCUT2D eigenvalue weighted by atomic mass is 16.6. The first-order chi connectivity index (χ1) is 9.04. The minimum Gasteiger partial charge on any atom is -0.493 e. The Labute approximate surface area is 114 Å². The van der Waals surface area contributed by atoms with Crippen molar-refractivity contribution >= 4 is 5.69 Å². The summed E-state index contributed by atoms with van der Waals surface area (Å²) in [5.74, 6) is 1.27. The minimum absolute atomic E-state index is 0.102. The molecule has 1 aromatic rings. The van der Waals surface area contributed by atoms with Gasteiger partial charge in [0, 0.05) is 24.2 Å². The molecule has 0 aliphatic heterocycles. The molecule has 0 saturated carbocycles. The molecule has 0 saturated heterocycles. The molecule has 0 radical (unpaired) electrons. The Kier molecular flexibility index (Phi) is 6.29. The van der Waals surface area contributed by atoms with Gasteiger partial charge in [0.1, 0.15) is 5.75 Å². The van der Waals surface area contributed by atoms with Crippen LogP contribution in [-0.4, -0.2) is 18.1 Å². The second-order valence-electron chi connectivity index (χ2n) is 4.92. The molecule has 106 valence electrons. The fourth-order valence-electron chi connectivity index (χ4n) is 1.67. The maximum Gasteiger partial charge on any atom is 0.270 e. The summed E-state index contributed by atoms with van der Waals surface area (Å²) in [7, 11) is 0. The Hall–Kier alpha value is -1.62. The van der Waals surface area contributed by atoms with E-state index < -0.39 is 0 Å². The SMILES string of the molecule is CCCOc1ccc([N+](=O)[O-])cc1CNCC(C)C. The van der Waals surface area contributed by atoms with Gasteiger partial charge in [0.15, 0.2) is 0 Å². The first kappa shape index (κ1) is 15.4. The Morgan fingerprint density at radius 3 is 2.74 bits per heavy atom. The van der Waals surface area contributed by atoms with Crippen molar-refractivity contribution < 1.29 is 9.66 Å². The van der Waals surface area contributed by atoms with Crippen LogP contribution in [0.25, 0.3) is 0 Å². The number of nitrogens with zero attached hydrogens (tertiary/aromatic N) is 1. The first-order valence-electron chi connectivity index (χ1n) is 6.65. The molecular weight excluding hydrogens is 244 g/mol. The summed E-state index contributed by atoms with van der Waals surface area (Å²) in [6.45, 7) is 8.34. The van der Waals surface area contributed by atoms with Crippen molar-refractivity contribution in [1.29, 1.82) is 0 Å². The standard InChI is InChI=1S/C14H22N2O3/c1-4-7-19-14-6-5-13(16(17)18)8-12(14)10-15-9-11(2)3/h5-6,8,11,15H,4,7,9-10H2,1-3H3. The Bertz CT molecular complexity index is 419. The van der Waals surface area contributed by atoms with E-state index >= 15 is 0 Å². The van der Waals surface area contributed by atoms with Crippen molar-refractivity contribution in [2.24, 2.45) is 5.92 Å². The summed E-state index contributed by atoms with van der Waals surface area (Å²) in [4.78, 5) is 10.4. The molecule has 5 heteroatoms. The third-order valence-electron chi connectivity index (χ3n) is 2.58. The number of nitro groups is 1. The number of nitro benzene ring substituents is 1. The molecule has 0 aromatic heterocycles. The number of hydrogen-bond acceptors (Lipinski definition) is 4. The second kappa shape index (κ2) is 7.74. The quantitative estimate of drug-likeness (QED) is 0.580. The van der Waals surface area contributed by atoms with E-state index in [1.54, 1.807) is 12.1 Å². The van der Waals surface area contributed by atoms with Crippen LogP contribution < -0.4 is 10.1 Å². The van der Waals surface area contributed by atoms with E-state index in [2.05, 4.69) is 19.2 Å². The number of ether oxygens (including phenoxy) is 1. The Balaban J connectivity index is 2.81. The summed E-state index contributed by atoms with van der Waals surface area (Å²) in [6.07, 6.45) is 0.913. The highest BCUT2D eigenvalue weighted by Crippen LogP contribution is 2.24. The summed E-state index contributed by atoms with van der Waals surface area (Å²) < 4.78 is 5.62. The number of rotatable bonds is 8. The number of benzene rings is 1. The van der Waals surface area contributed by atoms with Gasteiger partial charge >= 0.3 is 0 Å². The minimum atomic E-state index is -0.379. The molecule has 1 N–H and O–H groups in total. The highest BCUT2D eigenvalue weighted by Gasteiger charge is 2.11. The van der Waals surface area contributed by atoms with Gasteiger partial charge in [0.05, 0.1) is 11.5 Å². The van der Waals surface area contributed by atoms with Crippen molar-refractivity contribution in [3.63, 3.8) is 0 Å². The fraction of sp³-hybridized carbons (Fsp3) is 0.571. The molecular formula is C14H22N2O3. The molecule has 0 heterocycles. The molecule has 0 atom stereocenters. The van der Waals surface area contributed by atoms with Crippen molar-refractivity contribution in [2.45, 2.75) is 33.7 Å². The third-order valence-corrected chi connectivity index (χ3v) is 2.58. The average Bonchev–Trinajstić information content (AvgIpc) is 2.36. The van der Waals surface area contributed by atoms with Gasteiger partial charge in [-0.3, -0.25) is 10.1 Å². The van der Waals surface area contributed by atoms with Gasteiger partial charge in [0.2, 0.25) is 0 Å². The summed E-state index contributed by atoms with van der Waals surface area (Å²) in [5.41, 5.74) is 0.938. The van der Waals surface area contributed by atoms with Crippen LogP contribution in [0.5, 0.6) is 5.75 Å². The molecule has 5 nitrogen and oxygen atoms in total. The van der Waals surface area contributed by atoms with Crippen LogP contribution in [0.2, 0.25) is 0 Å². The zero-order chi connectivity index (χ0) is 14.3. The maximum atomic E-state index is 10.8. The van der Waals surface area contributed by atoms with E-state index in [4.69, 9.17) is 4.74 Å². The van der Waals surface area contributed by atoms with Crippen molar-refractivity contribution in [3.8, 4) is 5.75 Å². The van der Waals surface area contributed by atoms with E-state index in [9.17, 15) is 10.1 Å². The average molecular weight is 266 g/mol. The molecule has 0 aliphatic rings. The highest BCUT2D eigenvalue weighted by molar-refractivity contribution is 5.43. The van der Waals surface area contributed by atoms with Crippen molar-refractivity contribution in [3.05, 3.63) is 33.9 Å². The molecule has 0 unspecified atom stereocenters. The van der Waals surface area contributed by atoms with E-state index in [-0.39, 0.29) is 10.6 Å². The molecule has 0 spiro atoms. The lowest BCUT2D eigenvalue weighted by Gasteiger charge is -2.12. The van der Waals surface area contributed by atoms with Gasteiger partial charge in [-0.2, -0.15) is 0 Å². The lowest BCUT2D eigenvalue weighted by atomic mass is 10.1. The Morgan fingerprint density at radius 1 is 1.42 bits per heavy atom. The van der Waals surface area contributed by atoms with E-state index in [1.807, 2.05) is 6.92 Å². The predicted molar refractivity (Wildman–Crippen MR) is 75.4 cm³/mol. The molecule has 1 aromatic carbocycles. The van der Waals surface area contributed by atoms with Gasteiger partial charge in [-0.25, -0.2) is 0 Å². The van der Waals surface area contributed by atoms with Crippen LogP contribution >= 0.6 is 0 Å².